The van der Waals surface area contributed by atoms with Gasteiger partial charge < -0.3 is 0 Å². The van der Waals surface area contributed by atoms with Crippen LogP contribution in [0.15, 0.2) is 0 Å². The summed E-state index contributed by atoms with van der Waals surface area (Å²) < 4.78 is 3.25. The van der Waals surface area contributed by atoms with Crippen LogP contribution in [0.2, 0.25) is 8.26 Å². The maximum atomic E-state index is 2.29. The molecule has 0 fully saturated rings. The molecule has 0 saturated heterocycles. The maximum Gasteiger partial charge on any atom is -0.147 e. The maximum absolute atomic E-state index is 2.29. The summed E-state index contributed by atoms with van der Waals surface area (Å²) in [4.78, 5) is 0. The Morgan fingerprint density at radius 2 is 1.18 bits per heavy atom. The Morgan fingerprint density at radius 3 is 1.45 bits per heavy atom. The third kappa shape index (κ3) is 18.4. The summed E-state index contributed by atoms with van der Waals surface area (Å²) >= 11 is 0.149. The molecule has 0 saturated carbocycles. The molecule has 11 heavy (non-hydrogen) atoms. The van der Waals surface area contributed by atoms with Gasteiger partial charge in [0.05, 0.1) is 0 Å². The molecule has 0 unspecified atom stereocenters. The van der Waals surface area contributed by atoms with Crippen LogP contribution in [0.5, 0.6) is 0 Å². The minimum Gasteiger partial charge on any atom is -0.147 e. The summed E-state index contributed by atoms with van der Waals surface area (Å²) in [6.45, 7) is 4.58. The van der Waals surface area contributed by atoms with E-state index in [0.717, 1.165) is 0 Å². The molecule has 0 rings (SSSR count). The van der Waals surface area contributed by atoms with Crippen molar-refractivity contribution in [2.24, 2.45) is 0 Å². The number of rotatable bonds is 6. The van der Waals surface area contributed by atoms with Crippen molar-refractivity contribution in [1.29, 1.82) is 0 Å². The van der Waals surface area contributed by atoms with Crippen LogP contribution < -0.4 is 0 Å². The zero-order valence-corrected chi connectivity index (χ0v) is 11.7. The van der Waals surface area contributed by atoms with E-state index in [-0.39, 0.29) is 48.0 Å². The molecule has 0 aromatic heterocycles. The van der Waals surface area contributed by atoms with E-state index >= 15 is 0 Å². The average molecular weight is 278 g/mol. The van der Waals surface area contributed by atoms with Gasteiger partial charge in [-0.2, -0.15) is 0 Å². The fourth-order valence-electron chi connectivity index (χ4n) is 0.729. The van der Waals surface area contributed by atoms with Gasteiger partial charge in [0.25, 0.3) is 0 Å². The SMILES string of the molecule is CCC[CH2][Zr][CH2]CCC.Cl.Cl. The van der Waals surface area contributed by atoms with Gasteiger partial charge in [-0.25, -0.2) is 0 Å². The van der Waals surface area contributed by atoms with Crippen molar-refractivity contribution in [3.63, 3.8) is 0 Å². The first-order valence-electron chi connectivity index (χ1n) is 4.12. The standard InChI is InChI=1S/2C4H9.2ClH.Zr/c2*1-3-4-2;;;/h2*1,3-4H2,2H3;2*1H;. The normalized spacial score (nSPS) is 7.82. The molecule has 0 amide bonds. The molecule has 0 bridgehead atoms. The van der Waals surface area contributed by atoms with Crippen LogP contribution in [-0.4, -0.2) is 0 Å². The minimum absolute atomic E-state index is 0. The molecule has 0 aliphatic heterocycles. The van der Waals surface area contributed by atoms with Gasteiger partial charge in [-0.05, 0) is 0 Å². The van der Waals surface area contributed by atoms with E-state index in [1.54, 1.807) is 8.26 Å². The Balaban J connectivity index is -0.000000320. The molecule has 70 valence electrons. The van der Waals surface area contributed by atoms with Gasteiger partial charge in [0.1, 0.15) is 0 Å². The van der Waals surface area contributed by atoms with Crippen molar-refractivity contribution in [2.75, 3.05) is 0 Å². The van der Waals surface area contributed by atoms with Crippen LogP contribution in [-0.2, 0) is 23.2 Å². The Hall–Kier alpha value is 1.46. The van der Waals surface area contributed by atoms with Crippen molar-refractivity contribution < 1.29 is 23.2 Å². The zero-order valence-electron chi connectivity index (χ0n) is 7.56. The van der Waals surface area contributed by atoms with Crippen molar-refractivity contribution in [3.05, 3.63) is 0 Å². The molecular weight excluding hydrogens is 258 g/mol. The van der Waals surface area contributed by atoms with E-state index in [4.69, 9.17) is 0 Å². The number of hydrogen-bond donors (Lipinski definition) is 0. The topological polar surface area (TPSA) is 0 Å². The van der Waals surface area contributed by atoms with Crippen molar-refractivity contribution in [2.45, 2.75) is 47.8 Å². The van der Waals surface area contributed by atoms with Crippen LogP contribution >= 0.6 is 24.8 Å². The van der Waals surface area contributed by atoms with E-state index in [9.17, 15) is 0 Å². The third-order valence-electron chi connectivity index (χ3n) is 1.41. The molecule has 0 aromatic carbocycles. The second kappa shape index (κ2) is 17.5. The smallest absolute Gasteiger partial charge is 0.147 e. The summed E-state index contributed by atoms with van der Waals surface area (Å²) in [5.41, 5.74) is 0. The molecule has 0 aliphatic carbocycles. The summed E-state index contributed by atoms with van der Waals surface area (Å²) in [6.07, 6.45) is 5.84. The van der Waals surface area contributed by atoms with E-state index in [0.29, 0.717) is 0 Å². The molecular formula is C8H20Cl2Zr. The predicted molar refractivity (Wildman–Crippen MR) is 53.9 cm³/mol. The van der Waals surface area contributed by atoms with Crippen molar-refractivity contribution in [1.82, 2.24) is 0 Å². The van der Waals surface area contributed by atoms with Gasteiger partial charge in [0, 0.05) is 0 Å². The molecule has 3 heteroatoms. The molecule has 0 N–H and O–H groups in total. The van der Waals surface area contributed by atoms with Gasteiger partial charge in [0.2, 0.25) is 0 Å². The van der Waals surface area contributed by atoms with Gasteiger partial charge in [-0.3, -0.25) is 0 Å². The Bertz CT molecular complexity index is 45.4. The van der Waals surface area contributed by atoms with Gasteiger partial charge >= 0.3 is 71.0 Å². The zero-order chi connectivity index (χ0) is 6.95. The second-order valence-electron chi connectivity index (χ2n) is 2.46. The van der Waals surface area contributed by atoms with Gasteiger partial charge in [-0.15, -0.1) is 24.8 Å². The minimum atomic E-state index is 0. The van der Waals surface area contributed by atoms with E-state index in [2.05, 4.69) is 13.8 Å². The summed E-state index contributed by atoms with van der Waals surface area (Å²) in [7, 11) is 0. The van der Waals surface area contributed by atoms with E-state index in [1.165, 1.54) is 25.7 Å². The average Bonchev–Trinajstić information content (AvgIpc) is 1.89. The van der Waals surface area contributed by atoms with Crippen molar-refractivity contribution in [3.8, 4) is 0 Å². The molecule has 0 radical (unpaired) electrons. The van der Waals surface area contributed by atoms with Crippen LogP contribution in [0.3, 0.4) is 0 Å². The van der Waals surface area contributed by atoms with Gasteiger partial charge in [0.15, 0.2) is 0 Å². The first-order chi connectivity index (χ1) is 4.41. The van der Waals surface area contributed by atoms with Crippen LogP contribution in [0.25, 0.3) is 0 Å². The summed E-state index contributed by atoms with van der Waals surface area (Å²) in [6, 6.07) is 0. The molecule has 0 atom stereocenters. The fourth-order valence-corrected chi connectivity index (χ4v) is 4.31. The first-order valence-corrected chi connectivity index (χ1v) is 7.60. The Kier molecular flexibility index (Phi) is 29.1. The van der Waals surface area contributed by atoms with Crippen LogP contribution in [0.1, 0.15) is 39.5 Å². The quantitative estimate of drug-likeness (QED) is 0.634. The van der Waals surface area contributed by atoms with E-state index in [1.807, 2.05) is 0 Å². The van der Waals surface area contributed by atoms with Crippen LogP contribution in [0, 0.1) is 0 Å². The number of unbranched alkanes of at least 4 members (excludes halogenated alkanes) is 2. The molecule has 0 nitrogen and oxygen atoms in total. The van der Waals surface area contributed by atoms with E-state index < -0.39 is 0 Å². The molecule has 0 aliphatic rings. The Labute approximate surface area is 95.3 Å². The number of halogens is 2. The second-order valence-corrected chi connectivity index (χ2v) is 6.14. The predicted octanol–water partition coefficient (Wildman–Crippen LogP) is 4.35. The molecule has 0 spiro atoms. The summed E-state index contributed by atoms with van der Waals surface area (Å²) in [5.74, 6) is 0. The number of hydrogen-bond acceptors (Lipinski definition) is 0. The molecule has 0 heterocycles. The van der Waals surface area contributed by atoms with Crippen molar-refractivity contribution >= 4 is 24.8 Å². The first kappa shape index (κ1) is 18.3. The third-order valence-corrected chi connectivity index (χ3v) is 4.89. The monoisotopic (exact) mass is 276 g/mol. The Morgan fingerprint density at radius 1 is 0.818 bits per heavy atom. The van der Waals surface area contributed by atoms with Gasteiger partial charge in [-0.1, -0.05) is 0 Å². The largest absolute Gasteiger partial charge is 0.147 e. The van der Waals surface area contributed by atoms with Crippen LogP contribution in [0.4, 0.5) is 0 Å². The fraction of sp³-hybridized carbons (Fsp3) is 1.00. The molecule has 0 aromatic rings. The summed E-state index contributed by atoms with van der Waals surface area (Å²) in [5, 5.41) is 0.